The highest BCUT2D eigenvalue weighted by Gasteiger charge is 2.48. The zero-order chi connectivity index (χ0) is 20.0. The van der Waals surface area contributed by atoms with E-state index in [9.17, 15) is 0 Å². The van der Waals surface area contributed by atoms with E-state index < -0.39 is 0 Å². The van der Waals surface area contributed by atoms with Crippen molar-refractivity contribution in [3.63, 3.8) is 0 Å². The zero-order valence-corrected chi connectivity index (χ0v) is 18.5. The second-order valence-electron chi connectivity index (χ2n) is 8.51. The number of aromatic amines is 1. The van der Waals surface area contributed by atoms with Gasteiger partial charge in [0.2, 0.25) is 0 Å². The predicted molar refractivity (Wildman–Crippen MR) is 123 cm³/mol. The molecule has 0 bridgehead atoms. The second-order valence-corrected chi connectivity index (χ2v) is 9.36. The Morgan fingerprint density at radius 1 is 1.31 bits per heavy atom. The summed E-state index contributed by atoms with van der Waals surface area (Å²) in [4.78, 5) is 6.33. The summed E-state index contributed by atoms with van der Waals surface area (Å²) in [5.41, 5.74) is 5.71. The van der Waals surface area contributed by atoms with Gasteiger partial charge in [0.15, 0.2) is 0 Å². The Kier molecular flexibility index (Phi) is 4.79. The molecule has 29 heavy (non-hydrogen) atoms. The van der Waals surface area contributed by atoms with Crippen LogP contribution in [0.15, 0.2) is 59.6 Å². The van der Waals surface area contributed by atoms with E-state index in [0.29, 0.717) is 5.92 Å². The summed E-state index contributed by atoms with van der Waals surface area (Å²) in [6, 6.07) is 15.3. The first-order valence-corrected chi connectivity index (χ1v) is 11.2. The van der Waals surface area contributed by atoms with Gasteiger partial charge in [-0.3, -0.25) is 4.90 Å². The smallest absolute Gasteiger partial charge is 0.119 e. The molecule has 1 aromatic heterocycles. The average molecular weight is 451 g/mol. The number of para-hydroxylation sites is 1. The van der Waals surface area contributed by atoms with E-state index in [1.807, 2.05) is 6.08 Å². The number of hydrogen-bond donors (Lipinski definition) is 1. The molecule has 0 spiro atoms. The number of hydrogen-bond acceptors (Lipinski definition) is 2. The number of methoxy groups -OCH3 is 1. The number of ether oxygens (including phenoxy) is 1. The zero-order valence-electron chi connectivity index (χ0n) is 16.9. The number of fused-ring (bicyclic) bond motifs is 4. The summed E-state index contributed by atoms with van der Waals surface area (Å²) in [6.07, 6.45) is 5.37. The van der Waals surface area contributed by atoms with Crippen LogP contribution in [0.4, 0.5) is 0 Å². The molecule has 0 saturated carbocycles. The van der Waals surface area contributed by atoms with Crippen molar-refractivity contribution >= 4 is 26.8 Å². The SMILES string of the molecule is C=CCN1CC[C@]2(c3cccc(OC)c3)Cc3[nH]c4c(Br)cccc4c3CC2C1. The van der Waals surface area contributed by atoms with Gasteiger partial charge in [-0.25, -0.2) is 0 Å². The molecule has 1 aliphatic heterocycles. The molecule has 1 saturated heterocycles. The van der Waals surface area contributed by atoms with Crippen molar-refractivity contribution in [3.8, 4) is 5.75 Å². The fourth-order valence-corrected chi connectivity index (χ4v) is 6.10. The van der Waals surface area contributed by atoms with Crippen molar-refractivity contribution in [1.29, 1.82) is 0 Å². The highest BCUT2D eigenvalue weighted by atomic mass is 79.9. The van der Waals surface area contributed by atoms with E-state index in [1.54, 1.807) is 7.11 Å². The van der Waals surface area contributed by atoms with Crippen LogP contribution in [0.25, 0.3) is 10.9 Å². The minimum atomic E-state index is 0.145. The van der Waals surface area contributed by atoms with Gasteiger partial charge in [0, 0.05) is 34.1 Å². The summed E-state index contributed by atoms with van der Waals surface area (Å²) < 4.78 is 6.73. The molecule has 3 aromatic rings. The average Bonchev–Trinajstić information content (AvgIpc) is 3.11. The fraction of sp³-hybridized carbons (Fsp3) is 0.360. The molecule has 0 radical (unpaired) electrons. The quantitative estimate of drug-likeness (QED) is 0.532. The lowest BCUT2D eigenvalue weighted by Gasteiger charge is -2.51. The van der Waals surface area contributed by atoms with Gasteiger partial charge in [-0.2, -0.15) is 0 Å². The number of halogens is 1. The van der Waals surface area contributed by atoms with Gasteiger partial charge >= 0.3 is 0 Å². The number of rotatable bonds is 4. The first-order valence-electron chi connectivity index (χ1n) is 10.4. The van der Waals surface area contributed by atoms with E-state index in [1.165, 1.54) is 27.7 Å². The topological polar surface area (TPSA) is 28.3 Å². The molecule has 2 aliphatic rings. The van der Waals surface area contributed by atoms with Crippen molar-refractivity contribution in [2.45, 2.75) is 24.7 Å². The monoisotopic (exact) mass is 450 g/mol. The van der Waals surface area contributed by atoms with Crippen LogP contribution in [0, 0.1) is 5.92 Å². The van der Waals surface area contributed by atoms with E-state index in [2.05, 4.69) is 74.9 Å². The first kappa shape index (κ1) is 19.0. The summed E-state index contributed by atoms with van der Waals surface area (Å²) >= 11 is 3.74. The molecule has 5 rings (SSSR count). The van der Waals surface area contributed by atoms with Crippen LogP contribution in [-0.4, -0.2) is 36.6 Å². The van der Waals surface area contributed by atoms with Crippen molar-refractivity contribution in [3.05, 3.63) is 76.4 Å². The lowest BCUT2D eigenvalue weighted by Crippen LogP contribution is -2.53. The Balaban J connectivity index is 1.64. The van der Waals surface area contributed by atoms with Crippen LogP contribution in [0.2, 0.25) is 0 Å². The Hall–Kier alpha value is -2.04. The van der Waals surface area contributed by atoms with Crippen LogP contribution in [0.1, 0.15) is 23.2 Å². The number of piperidine rings is 1. The highest BCUT2D eigenvalue weighted by molar-refractivity contribution is 9.10. The molecule has 3 nitrogen and oxygen atoms in total. The molecule has 1 N–H and O–H groups in total. The van der Waals surface area contributed by atoms with E-state index >= 15 is 0 Å². The van der Waals surface area contributed by atoms with Gasteiger partial charge in [-0.05, 0) is 77.0 Å². The number of aromatic nitrogens is 1. The maximum atomic E-state index is 5.58. The van der Waals surface area contributed by atoms with Crippen LogP contribution >= 0.6 is 15.9 Å². The van der Waals surface area contributed by atoms with Gasteiger partial charge in [-0.1, -0.05) is 30.3 Å². The Bertz CT molecular complexity index is 1070. The molecule has 1 unspecified atom stereocenters. The lowest BCUT2D eigenvalue weighted by atomic mass is 9.58. The van der Waals surface area contributed by atoms with Crippen LogP contribution < -0.4 is 4.74 Å². The minimum Gasteiger partial charge on any atom is -0.497 e. The van der Waals surface area contributed by atoms with Crippen molar-refractivity contribution in [1.82, 2.24) is 9.88 Å². The predicted octanol–water partition coefficient (Wildman–Crippen LogP) is 5.48. The third kappa shape index (κ3) is 3.04. The summed E-state index contributed by atoms with van der Waals surface area (Å²) in [7, 11) is 1.76. The number of nitrogens with one attached hydrogen (secondary N) is 1. The van der Waals surface area contributed by atoms with Crippen LogP contribution in [0.3, 0.4) is 0 Å². The molecule has 4 heteroatoms. The molecule has 150 valence electrons. The van der Waals surface area contributed by atoms with Gasteiger partial charge in [0.25, 0.3) is 0 Å². The van der Waals surface area contributed by atoms with Gasteiger partial charge in [0.05, 0.1) is 12.6 Å². The number of nitrogens with zero attached hydrogens (tertiary/aromatic N) is 1. The number of benzene rings is 2. The maximum absolute atomic E-state index is 5.58. The molecule has 0 amide bonds. The van der Waals surface area contributed by atoms with Crippen molar-refractivity contribution in [2.75, 3.05) is 26.7 Å². The van der Waals surface area contributed by atoms with E-state index in [4.69, 9.17) is 4.74 Å². The minimum absolute atomic E-state index is 0.145. The molecule has 2 aromatic carbocycles. The normalized spacial score (nSPS) is 24.1. The largest absolute Gasteiger partial charge is 0.497 e. The highest BCUT2D eigenvalue weighted by Crippen LogP contribution is 2.49. The van der Waals surface area contributed by atoms with E-state index in [-0.39, 0.29) is 5.41 Å². The third-order valence-electron chi connectivity index (χ3n) is 7.09. The molecule has 2 atom stereocenters. The lowest BCUT2D eigenvalue weighted by molar-refractivity contribution is 0.0896. The molecular weight excluding hydrogens is 424 g/mol. The van der Waals surface area contributed by atoms with Crippen molar-refractivity contribution < 1.29 is 4.74 Å². The molecule has 1 fully saturated rings. The van der Waals surface area contributed by atoms with Crippen LogP contribution in [0.5, 0.6) is 5.75 Å². The number of H-pyrrole nitrogens is 1. The Labute approximate surface area is 180 Å². The molecular formula is C25H27BrN2O. The first-order chi connectivity index (χ1) is 14.1. The Morgan fingerprint density at radius 3 is 3.00 bits per heavy atom. The van der Waals surface area contributed by atoms with Gasteiger partial charge in [-0.15, -0.1) is 6.58 Å². The fourth-order valence-electron chi connectivity index (χ4n) is 5.63. The standard InChI is InChI=1S/C25H27BrN2O/c1-3-11-28-12-10-25(17-6-4-7-19(13-17)29-2)15-23-21(14-18(25)16-28)20-8-5-9-22(26)24(20)27-23/h3-9,13,18,27H,1,10-12,14-16H2,2H3/t18?,25-/m1/s1. The molecule has 1 aliphatic carbocycles. The third-order valence-corrected chi connectivity index (χ3v) is 7.75. The van der Waals surface area contributed by atoms with Gasteiger partial charge < -0.3 is 9.72 Å². The van der Waals surface area contributed by atoms with Gasteiger partial charge in [0.1, 0.15) is 5.75 Å². The molecule has 2 heterocycles. The Morgan fingerprint density at radius 2 is 2.17 bits per heavy atom. The summed E-state index contributed by atoms with van der Waals surface area (Å²) in [6.45, 7) is 7.16. The van der Waals surface area contributed by atoms with E-state index in [0.717, 1.165) is 49.1 Å². The number of likely N-dealkylation sites (tertiary alicyclic amines) is 1. The summed E-state index contributed by atoms with van der Waals surface area (Å²) in [5, 5.41) is 1.37. The van der Waals surface area contributed by atoms with Crippen molar-refractivity contribution in [2.24, 2.45) is 5.92 Å². The van der Waals surface area contributed by atoms with Crippen LogP contribution in [-0.2, 0) is 18.3 Å². The maximum Gasteiger partial charge on any atom is 0.119 e. The second kappa shape index (κ2) is 7.33. The summed E-state index contributed by atoms with van der Waals surface area (Å²) in [5.74, 6) is 1.53.